The normalized spacial score (nSPS) is 21.1. The van der Waals surface area contributed by atoms with Gasteiger partial charge in [-0.25, -0.2) is 22.9 Å². The maximum Gasteiger partial charge on any atom is 0.417 e. The van der Waals surface area contributed by atoms with Crippen LogP contribution in [0.5, 0.6) is 6.01 Å². The number of halogens is 6. The number of nitrogens with zero attached hydrogens (tertiary/aromatic N) is 3. The SMILES string of the molecule is O=C(O)Nc1nc2c(-c3c(C(F)(F)F)cc4c(=O)[nH]c(OC[C@@]56CCCN5C[C@H](F)C6)nc4c3F)ccc(F)c2s1. The van der Waals surface area contributed by atoms with Gasteiger partial charge in [0.1, 0.15) is 24.1 Å². The fraction of sp³-hybridized carbons (Fsp3) is 0.360. The monoisotopic (exact) mass is 599 g/mol. The number of hydrogen-bond acceptors (Lipinski definition) is 7. The van der Waals surface area contributed by atoms with Gasteiger partial charge in [-0.15, -0.1) is 0 Å². The van der Waals surface area contributed by atoms with Crippen LogP contribution in [0.1, 0.15) is 24.8 Å². The first-order valence-electron chi connectivity index (χ1n) is 12.3. The van der Waals surface area contributed by atoms with Gasteiger partial charge in [-0.05, 0) is 37.6 Å². The first kappa shape index (κ1) is 27.3. The van der Waals surface area contributed by atoms with E-state index < -0.39 is 80.3 Å². The molecule has 2 aliphatic heterocycles. The van der Waals surface area contributed by atoms with Crippen molar-refractivity contribution in [3.05, 3.63) is 45.8 Å². The molecule has 1 amide bonds. The first-order chi connectivity index (χ1) is 19.4. The summed E-state index contributed by atoms with van der Waals surface area (Å²) >= 11 is 0.511. The lowest BCUT2D eigenvalue weighted by Crippen LogP contribution is -2.43. The van der Waals surface area contributed by atoms with Crippen LogP contribution in [-0.4, -0.2) is 62.5 Å². The summed E-state index contributed by atoms with van der Waals surface area (Å²) < 4.78 is 92.7. The number of H-pyrrole nitrogens is 1. The molecule has 16 heteroatoms. The lowest BCUT2D eigenvalue weighted by molar-refractivity contribution is -0.137. The Morgan fingerprint density at radius 1 is 1.27 bits per heavy atom. The summed E-state index contributed by atoms with van der Waals surface area (Å²) in [5.74, 6) is -2.45. The Hall–Kier alpha value is -3.92. The van der Waals surface area contributed by atoms with Gasteiger partial charge in [0.15, 0.2) is 10.9 Å². The van der Waals surface area contributed by atoms with E-state index in [-0.39, 0.29) is 29.4 Å². The third-order valence-corrected chi connectivity index (χ3v) is 8.42. The van der Waals surface area contributed by atoms with E-state index in [1.807, 2.05) is 10.2 Å². The minimum absolute atomic E-state index is 0.0757. The number of thiazole rings is 1. The van der Waals surface area contributed by atoms with Crippen molar-refractivity contribution in [1.82, 2.24) is 19.9 Å². The molecule has 3 N–H and O–H groups in total. The summed E-state index contributed by atoms with van der Waals surface area (Å²) in [5.41, 5.74) is -5.98. The van der Waals surface area contributed by atoms with Crippen molar-refractivity contribution in [2.24, 2.45) is 0 Å². The number of amides is 1. The van der Waals surface area contributed by atoms with Gasteiger partial charge in [0.25, 0.3) is 11.6 Å². The summed E-state index contributed by atoms with van der Waals surface area (Å²) in [5, 5.41) is 9.81. The van der Waals surface area contributed by atoms with Crippen molar-refractivity contribution in [3.63, 3.8) is 0 Å². The summed E-state index contributed by atoms with van der Waals surface area (Å²) in [7, 11) is 0. The van der Waals surface area contributed by atoms with Gasteiger partial charge in [0.05, 0.1) is 26.7 Å². The van der Waals surface area contributed by atoms with Gasteiger partial charge in [-0.1, -0.05) is 11.3 Å². The van der Waals surface area contributed by atoms with Crippen LogP contribution in [0, 0.1) is 11.6 Å². The molecular formula is C25H19F6N5O4S. The fourth-order valence-electron chi connectivity index (χ4n) is 5.75. The molecule has 216 valence electrons. The van der Waals surface area contributed by atoms with Crippen LogP contribution >= 0.6 is 11.3 Å². The zero-order valence-electron chi connectivity index (χ0n) is 20.7. The summed E-state index contributed by atoms with van der Waals surface area (Å²) in [6.07, 6.45) is -6.14. The quantitative estimate of drug-likeness (QED) is 0.258. The van der Waals surface area contributed by atoms with Crippen LogP contribution in [0.3, 0.4) is 0 Å². The Morgan fingerprint density at radius 2 is 2.05 bits per heavy atom. The lowest BCUT2D eigenvalue weighted by Gasteiger charge is -2.30. The molecule has 41 heavy (non-hydrogen) atoms. The third kappa shape index (κ3) is 4.64. The molecule has 2 saturated heterocycles. The standard InChI is InChI=1S/C25H19F6N5O4S/c26-10-7-24(4-1-5-36(24)8-10)9-40-21-32-17-12(20(37)34-21)6-13(25(29,30)31)15(16(17)28)11-2-3-14(27)19-18(11)33-22(41-19)35-23(38)39/h2-3,6,10H,1,4-5,7-9H2,(H,33,35)(H,38,39)(H,32,34,37)/t10-,24+/m1/s1. The van der Waals surface area contributed by atoms with Crippen molar-refractivity contribution < 1.29 is 41.0 Å². The Morgan fingerprint density at radius 3 is 2.78 bits per heavy atom. The van der Waals surface area contributed by atoms with E-state index in [1.54, 1.807) is 0 Å². The fourth-order valence-corrected chi connectivity index (χ4v) is 6.63. The van der Waals surface area contributed by atoms with Crippen molar-refractivity contribution in [3.8, 4) is 17.1 Å². The highest BCUT2D eigenvalue weighted by Crippen LogP contribution is 2.45. The van der Waals surface area contributed by atoms with Crippen molar-refractivity contribution >= 4 is 43.7 Å². The van der Waals surface area contributed by atoms with E-state index in [0.717, 1.165) is 18.6 Å². The van der Waals surface area contributed by atoms with Gasteiger partial charge < -0.3 is 9.84 Å². The van der Waals surface area contributed by atoms with E-state index in [2.05, 4.69) is 15.0 Å². The molecule has 0 radical (unpaired) electrons. The van der Waals surface area contributed by atoms with E-state index >= 15 is 4.39 Å². The van der Waals surface area contributed by atoms with Crippen LogP contribution in [0.4, 0.5) is 36.3 Å². The van der Waals surface area contributed by atoms with Crippen LogP contribution in [0.15, 0.2) is 23.0 Å². The summed E-state index contributed by atoms with van der Waals surface area (Å²) in [6.45, 7) is 0.819. The summed E-state index contributed by atoms with van der Waals surface area (Å²) in [6, 6.07) is 1.66. The number of rotatable bonds is 5. The molecule has 2 aliphatic rings. The van der Waals surface area contributed by atoms with Crippen LogP contribution < -0.4 is 15.6 Å². The molecule has 0 aliphatic carbocycles. The number of benzene rings is 2. The topological polar surface area (TPSA) is 120 Å². The number of aromatic nitrogens is 3. The third-order valence-electron chi connectivity index (χ3n) is 7.44. The Bertz CT molecular complexity index is 1780. The zero-order chi connectivity index (χ0) is 29.3. The maximum absolute atomic E-state index is 16.1. The average Bonchev–Trinajstić information content (AvgIpc) is 3.55. The van der Waals surface area contributed by atoms with Gasteiger partial charge in [0, 0.05) is 24.1 Å². The van der Waals surface area contributed by atoms with Crippen molar-refractivity contribution in [2.75, 3.05) is 25.0 Å². The van der Waals surface area contributed by atoms with Gasteiger partial charge in [-0.3, -0.25) is 20.0 Å². The molecular weight excluding hydrogens is 580 g/mol. The zero-order valence-corrected chi connectivity index (χ0v) is 21.6. The molecule has 2 fully saturated rings. The van der Waals surface area contributed by atoms with Crippen LogP contribution in [-0.2, 0) is 6.18 Å². The molecule has 4 heterocycles. The Balaban J connectivity index is 1.50. The molecule has 0 unspecified atom stereocenters. The minimum Gasteiger partial charge on any atom is -0.465 e. The predicted octanol–water partition coefficient (Wildman–Crippen LogP) is 5.54. The smallest absolute Gasteiger partial charge is 0.417 e. The minimum atomic E-state index is -5.17. The highest BCUT2D eigenvalue weighted by molar-refractivity contribution is 7.22. The molecule has 0 spiro atoms. The van der Waals surface area contributed by atoms with E-state index in [0.29, 0.717) is 30.4 Å². The van der Waals surface area contributed by atoms with E-state index in [9.17, 15) is 31.5 Å². The number of alkyl halides is 4. The van der Waals surface area contributed by atoms with Crippen LogP contribution in [0.2, 0.25) is 0 Å². The Labute approximate surface area is 229 Å². The second-order valence-corrected chi connectivity index (χ2v) is 11.0. The molecule has 2 aromatic carbocycles. The molecule has 2 atom stereocenters. The Kier molecular flexibility index (Phi) is 6.37. The molecule has 4 aromatic rings. The maximum atomic E-state index is 16.1. The molecule has 2 aromatic heterocycles. The van der Waals surface area contributed by atoms with Crippen molar-refractivity contribution in [2.45, 2.75) is 37.1 Å². The van der Waals surface area contributed by atoms with E-state index in [1.165, 1.54) is 0 Å². The number of ether oxygens (including phenoxy) is 1. The molecule has 9 nitrogen and oxygen atoms in total. The van der Waals surface area contributed by atoms with Gasteiger partial charge in [0.2, 0.25) is 0 Å². The number of carbonyl (C=O) groups is 1. The second-order valence-electron chi connectivity index (χ2n) is 9.96. The average molecular weight is 600 g/mol. The number of carboxylic acid groups (broad SMARTS) is 1. The molecule has 0 bridgehead atoms. The number of hydrogen-bond donors (Lipinski definition) is 3. The molecule has 6 rings (SSSR count). The lowest BCUT2D eigenvalue weighted by atomic mass is 9.95. The van der Waals surface area contributed by atoms with Gasteiger partial charge >= 0.3 is 12.3 Å². The van der Waals surface area contributed by atoms with E-state index in [4.69, 9.17) is 9.84 Å². The highest BCUT2D eigenvalue weighted by atomic mass is 32.1. The summed E-state index contributed by atoms with van der Waals surface area (Å²) in [4.78, 5) is 35.9. The highest BCUT2D eigenvalue weighted by Gasteiger charge is 2.49. The van der Waals surface area contributed by atoms with Gasteiger partial charge in [-0.2, -0.15) is 18.2 Å². The predicted molar refractivity (Wildman–Crippen MR) is 136 cm³/mol. The number of aromatic amines is 1. The number of anilines is 1. The number of nitrogens with one attached hydrogen (secondary N) is 2. The largest absolute Gasteiger partial charge is 0.465 e. The molecule has 0 saturated carbocycles. The number of fused-ring (bicyclic) bond motifs is 3. The van der Waals surface area contributed by atoms with Crippen molar-refractivity contribution in [1.29, 1.82) is 0 Å². The first-order valence-corrected chi connectivity index (χ1v) is 13.1. The van der Waals surface area contributed by atoms with Crippen LogP contribution in [0.25, 0.3) is 32.2 Å². The second kappa shape index (κ2) is 9.58.